The molecule has 0 saturated carbocycles. The van der Waals surface area contributed by atoms with Gasteiger partial charge in [0.2, 0.25) is 5.91 Å². The fourth-order valence-corrected chi connectivity index (χ4v) is 4.37. The third kappa shape index (κ3) is 17.3. The highest BCUT2D eigenvalue weighted by Gasteiger charge is 2.32. The number of nitrogens with one attached hydrogen (secondary N) is 1. The van der Waals surface area contributed by atoms with E-state index in [1.54, 1.807) is 0 Å². The Hall–Kier alpha value is -2.24. The van der Waals surface area contributed by atoms with Gasteiger partial charge in [0.1, 0.15) is 6.10 Å². The van der Waals surface area contributed by atoms with E-state index in [0.717, 1.165) is 25.7 Å². The molecule has 222 valence electrons. The van der Waals surface area contributed by atoms with Gasteiger partial charge in [0.15, 0.2) is 0 Å². The first-order valence-corrected chi connectivity index (χ1v) is 13.7. The Balaban J connectivity index is 4.52. The second kappa shape index (κ2) is 19.8. The van der Waals surface area contributed by atoms with Gasteiger partial charge >= 0.3 is 17.9 Å². The number of hydrogen-bond acceptors (Lipinski definition) is 8. The summed E-state index contributed by atoms with van der Waals surface area (Å²) >= 11 is 0. The van der Waals surface area contributed by atoms with Gasteiger partial charge in [-0.05, 0) is 43.9 Å². The van der Waals surface area contributed by atoms with E-state index >= 15 is 0 Å². The molecule has 1 amide bonds. The molecule has 11 heteroatoms. The molecule has 38 heavy (non-hydrogen) atoms. The number of rotatable bonds is 22. The number of unbranched alkanes of at least 4 members (excludes halogenated alkanes) is 3. The van der Waals surface area contributed by atoms with Gasteiger partial charge in [0.05, 0.1) is 37.1 Å². The van der Waals surface area contributed by atoms with Gasteiger partial charge in [0.25, 0.3) is 0 Å². The first kappa shape index (κ1) is 35.8. The van der Waals surface area contributed by atoms with Gasteiger partial charge in [-0.1, -0.05) is 46.5 Å². The van der Waals surface area contributed by atoms with E-state index in [0.29, 0.717) is 25.7 Å². The van der Waals surface area contributed by atoms with E-state index in [9.17, 15) is 34.5 Å². The molecule has 7 unspecified atom stereocenters. The fraction of sp³-hybridized carbons (Fsp3) is 0.852. The van der Waals surface area contributed by atoms with Crippen LogP contribution >= 0.6 is 0 Å². The lowest BCUT2D eigenvalue weighted by atomic mass is 9.88. The minimum atomic E-state index is -1.40. The van der Waals surface area contributed by atoms with Gasteiger partial charge in [-0.3, -0.25) is 19.2 Å². The highest BCUT2D eigenvalue weighted by atomic mass is 16.6. The van der Waals surface area contributed by atoms with Crippen LogP contribution in [0.4, 0.5) is 0 Å². The maximum atomic E-state index is 12.4. The lowest BCUT2D eigenvalue weighted by Gasteiger charge is -2.30. The van der Waals surface area contributed by atoms with Crippen LogP contribution in [-0.4, -0.2) is 80.3 Å². The molecule has 0 bridgehead atoms. The Bertz CT molecular complexity index is 716. The molecule has 0 aromatic rings. The van der Waals surface area contributed by atoms with E-state index in [-0.39, 0.29) is 30.7 Å². The molecular formula is C27H49NO10. The van der Waals surface area contributed by atoms with Crippen molar-refractivity contribution in [1.82, 2.24) is 5.32 Å². The van der Waals surface area contributed by atoms with Crippen LogP contribution < -0.4 is 5.32 Å². The minimum Gasteiger partial charge on any atom is -0.481 e. The Morgan fingerprint density at radius 2 is 1.42 bits per heavy atom. The van der Waals surface area contributed by atoms with Crippen LogP contribution in [0, 0.1) is 17.8 Å². The van der Waals surface area contributed by atoms with Crippen LogP contribution in [-0.2, 0) is 23.9 Å². The highest BCUT2D eigenvalue weighted by Crippen LogP contribution is 2.25. The first-order valence-electron chi connectivity index (χ1n) is 13.7. The van der Waals surface area contributed by atoms with Crippen LogP contribution in [0.25, 0.3) is 0 Å². The molecule has 0 fully saturated rings. The number of carbonyl (C=O) groups excluding carboxylic acids is 2. The number of carboxylic acids is 2. The molecule has 0 aliphatic carbocycles. The number of aliphatic hydroxyl groups excluding tert-OH is 3. The van der Waals surface area contributed by atoms with Crippen molar-refractivity contribution in [2.24, 2.45) is 17.8 Å². The highest BCUT2D eigenvalue weighted by molar-refractivity contribution is 5.82. The summed E-state index contributed by atoms with van der Waals surface area (Å²) < 4.78 is 5.43. The monoisotopic (exact) mass is 547 g/mol. The van der Waals surface area contributed by atoms with Crippen molar-refractivity contribution in [1.29, 1.82) is 0 Å². The summed E-state index contributed by atoms with van der Waals surface area (Å²) in [5.41, 5.74) is 0. The zero-order valence-electron chi connectivity index (χ0n) is 23.3. The average Bonchev–Trinajstić information content (AvgIpc) is 2.81. The van der Waals surface area contributed by atoms with Crippen molar-refractivity contribution in [2.45, 2.75) is 123 Å². The number of aliphatic hydroxyl groups is 3. The Morgan fingerprint density at radius 1 is 0.842 bits per heavy atom. The van der Waals surface area contributed by atoms with Crippen LogP contribution in [0.15, 0.2) is 0 Å². The van der Waals surface area contributed by atoms with Crippen molar-refractivity contribution in [3.05, 3.63) is 0 Å². The largest absolute Gasteiger partial charge is 0.481 e. The molecule has 7 atom stereocenters. The van der Waals surface area contributed by atoms with Gasteiger partial charge in [0, 0.05) is 13.5 Å². The molecule has 0 heterocycles. The number of amides is 1. The molecular weight excluding hydrogens is 498 g/mol. The third-order valence-corrected chi connectivity index (χ3v) is 6.76. The zero-order chi connectivity index (χ0) is 29.3. The maximum Gasteiger partial charge on any atom is 0.307 e. The summed E-state index contributed by atoms with van der Waals surface area (Å²) in [6.07, 6.45) is 1.78. The zero-order valence-corrected chi connectivity index (χ0v) is 23.3. The van der Waals surface area contributed by atoms with E-state index in [1.165, 1.54) is 6.92 Å². The van der Waals surface area contributed by atoms with Crippen molar-refractivity contribution in [3.8, 4) is 0 Å². The Labute approximate surface area is 226 Å². The Morgan fingerprint density at radius 3 is 1.92 bits per heavy atom. The van der Waals surface area contributed by atoms with Gasteiger partial charge in [-0.2, -0.15) is 0 Å². The predicted octanol–water partition coefficient (Wildman–Crippen LogP) is 2.49. The molecule has 0 aromatic heterocycles. The van der Waals surface area contributed by atoms with Crippen LogP contribution in [0.1, 0.15) is 98.3 Å². The van der Waals surface area contributed by atoms with Gasteiger partial charge in [-0.25, -0.2) is 0 Å². The molecule has 6 N–H and O–H groups in total. The summed E-state index contributed by atoms with van der Waals surface area (Å²) in [6.45, 7) is 7.24. The summed E-state index contributed by atoms with van der Waals surface area (Å²) in [4.78, 5) is 45.4. The fourth-order valence-electron chi connectivity index (χ4n) is 4.37. The van der Waals surface area contributed by atoms with Crippen LogP contribution in [0.5, 0.6) is 0 Å². The molecule has 0 radical (unpaired) electrons. The first-order chi connectivity index (χ1) is 17.8. The lowest BCUT2D eigenvalue weighted by Crippen LogP contribution is -2.38. The quantitative estimate of drug-likeness (QED) is 0.0867. The standard InChI is InChI=1S/C27H49NO10/c1-5-18(3)26(38-25(35)15-20(27(36)37)14-24(33)34)23(32)13-17(2)12-21(30)10-8-6-7-9-11-22(31)16-28-19(4)29/h17-18,20-23,26,30-32H,5-16H2,1-4H3,(H,28,29)(H,33,34)(H,36,37). The average molecular weight is 548 g/mol. The summed E-state index contributed by atoms with van der Waals surface area (Å²) in [5.74, 6) is -5.42. The van der Waals surface area contributed by atoms with Gasteiger partial charge < -0.3 is 35.6 Å². The smallest absolute Gasteiger partial charge is 0.307 e. The normalized spacial score (nSPS) is 16.9. The van der Waals surface area contributed by atoms with E-state index in [2.05, 4.69) is 5.32 Å². The second-order valence-electron chi connectivity index (χ2n) is 10.6. The van der Waals surface area contributed by atoms with E-state index in [1.807, 2.05) is 20.8 Å². The molecule has 0 aliphatic rings. The Kier molecular flexibility index (Phi) is 18.6. The molecule has 11 nitrogen and oxygen atoms in total. The van der Waals surface area contributed by atoms with E-state index < -0.39 is 61.1 Å². The summed E-state index contributed by atoms with van der Waals surface area (Å²) in [5, 5.41) is 51.6. The number of carboxylic acid groups (broad SMARTS) is 2. The number of carbonyl (C=O) groups is 4. The second-order valence-corrected chi connectivity index (χ2v) is 10.6. The van der Waals surface area contributed by atoms with Crippen LogP contribution in [0.2, 0.25) is 0 Å². The molecule has 0 saturated heterocycles. The SMILES string of the molecule is CCC(C)C(OC(=O)CC(CC(=O)O)C(=O)O)C(O)CC(C)CC(O)CCCCCCC(O)CNC(C)=O. The lowest BCUT2D eigenvalue weighted by molar-refractivity contribution is -0.165. The maximum absolute atomic E-state index is 12.4. The molecule has 0 rings (SSSR count). The molecule has 0 aliphatic heterocycles. The van der Waals surface area contributed by atoms with Crippen LogP contribution in [0.3, 0.4) is 0 Å². The van der Waals surface area contributed by atoms with Crippen molar-refractivity contribution in [3.63, 3.8) is 0 Å². The summed E-state index contributed by atoms with van der Waals surface area (Å²) in [6, 6.07) is 0. The minimum absolute atomic E-state index is 0.0621. The third-order valence-electron chi connectivity index (χ3n) is 6.76. The summed E-state index contributed by atoms with van der Waals surface area (Å²) in [7, 11) is 0. The predicted molar refractivity (Wildman–Crippen MR) is 140 cm³/mol. The number of hydrogen-bond donors (Lipinski definition) is 6. The molecule has 0 aromatic carbocycles. The topological polar surface area (TPSA) is 191 Å². The van der Waals surface area contributed by atoms with Crippen molar-refractivity contribution in [2.75, 3.05) is 6.54 Å². The van der Waals surface area contributed by atoms with Crippen molar-refractivity contribution >= 4 is 23.8 Å². The van der Waals surface area contributed by atoms with Gasteiger partial charge in [-0.15, -0.1) is 0 Å². The van der Waals surface area contributed by atoms with E-state index in [4.69, 9.17) is 14.9 Å². The number of esters is 1. The number of ether oxygens (including phenoxy) is 1. The molecule has 0 spiro atoms. The number of aliphatic carboxylic acids is 2. The van der Waals surface area contributed by atoms with Crippen molar-refractivity contribution < 1.29 is 49.4 Å².